The molecule has 0 radical (unpaired) electrons. The number of nitrogens with two attached hydrogens (primary N) is 1. The first-order valence-electron chi connectivity index (χ1n) is 12.5. The standard InChI is InChI=1S/C26H29ClFN5O4S/c1-3-32-10-8-26(2,9-11-32)25-30-23(31-37-25)18-12-21-22(13-19(18)28)38(35,36)15-20(29)24(34)33(21)14-16-4-6-17(27)7-5-16/h4-7,12-13,20H,3,8-11,14-15,29H2,1-2H3/t20-/m0/s1. The molecule has 38 heavy (non-hydrogen) atoms. The molecule has 9 nitrogen and oxygen atoms in total. The fraction of sp³-hybridized carbons (Fsp3) is 0.423. The molecule has 2 aliphatic rings. The zero-order valence-electron chi connectivity index (χ0n) is 21.2. The van der Waals surface area contributed by atoms with E-state index in [0.717, 1.165) is 38.5 Å². The van der Waals surface area contributed by atoms with Gasteiger partial charge in [-0.1, -0.05) is 42.7 Å². The summed E-state index contributed by atoms with van der Waals surface area (Å²) in [4.78, 5) is 21.1. The third-order valence-corrected chi connectivity index (χ3v) is 9.55. The summed E-state index contributed by atoms with van der Waals surface area (Å²) in [7, 11) is -4.06. The molecule has 5 rings (SSSR count). The van der Waals surface area contributed by atoms with Crippen LogP contribution in [0.3, 0.4) is 0 Å². The highest BCUT2D eigenvalue weighted by Crippen LogP contribution is 2.39. The maximum absolute atomic E-state index is 15.4. The lowest BCUT2D eigenvalue weighted by Gasteiger charge is -2.36. The van der Waals surface area contributed by atoms with Crippen LogP contribution in [0.15, 0.2) is 45.8 Å². The molecular formula is C26H29ClFN5O4S. The number of benzene rings is 2. The molecule has 3 heterocycles. The van der Waals surface area contributed by atoms with E-state index in [1.165, 1.54) is 11.0 Å². The lowest BCUT2D eigenvalue weighted by atomic mass is 9.80. The fourth-order valence-corrected chi connectivity index (χ4v) is 6.67. The third-order valence-electron chi connectivity index (χ3n) is 7.50. The molecule has 0 bridgehead atoms. The summed E-state index contributed by atoms with van der Waals surface area (Å²) in [6, 6.07) is 7.68. The summed E-state index contributed by atoms with van der Waals surface area (Å²) >= 11 is 5.99. The van der Waals surface area contributed by atoms with Crippen molar-refractivity contribution in [3.63, 3.8) is 0 Å². The average molecular weight is 562 g/mol. The van der Waals surface area contributed by atoms with Crippen molar-refractivity contribution in [2.75, 3.05) is 30.3 Å². The van der Waals surface area contributed by atoms with Gasteiger partial charge in [0.1, 0.15) is 5.82 Å². The zero-order valence-corrected chi connectivity index (χ0v) is 22.7. The molecule has 2 N–H and O–H groups in total. The minimum atomic E-state index is -4.06. The number of hydrogen-bond acceptors (Lipinski definition) is 8. The van der Waals surface area contributed by atoms with E-state index in [9.17, 15) is 13.2 Å². The van der Waals surface area contributed by atoms with Crippen LogP contribution >= 0.6 is 11.6 Å². The molecule has 1 aromatic heterocycles. The van der Waals surface area contributed by atoms with E-state index >= 15 is 4.39 Å². The molecule has 0 aliphatic carbocycles. The maximum atomic E-state index is 15.4. The summed E-state index contributed by atoms with van der Waals surface area (Å²) in [5, 5.41) is 4.55. The van der Waals surface area contributed by atoms with Crippen LogP contribution in [0.5, 0.6) is 0 Å². The Labute approximate surface area is 225 Å². The number of aromatic nitrogens is 2. The van der Waals surface area contributed by atoms with Gasteiger partial charge in [0, 0.05) is 10.4 Å². The largest absolute Gasteiger partial charge is 0.338 e. The van der Waals surface area contributed by atoms with Gasteiger partial charge in [0.05, 0.1) is 34.5 Å². The first-order chi connectivity index (χ1) is 18.0. The molecule has 1 saturated heterocycles. The van der Waals surface area contributed by atoms with Gasteiger partial charge < -0.3 is 20.1 Å². The van der Waals surface area contributed by atoms with Gasteiger partial charge in [-0.25, -0.2) is 12.8 Å². The molecule has 1 atom stereocenters. The summed E-state index contributed by atoms with van der Waals surface area (Å²) in [5.74, 6) is -1.66. The molecule has 1 fully saturated rings. The number of likely N-dealkylation sites (tertiary alicyclic amines) is 1. The lowest BCUT2D eigenvalue weighted by Crippen LogP contribution is -2.45. The van der Waals surface area contributed by atoms with Crippen molar-refractivity contribution in [1.82, 2.24) is 15.0 Å². The molecule has 0 spiro atoms. The molecule has 2 aliphatic heterocycles. The molecular weight excluding hydrogens is 533 g/mol. The van der Waals surface area contributed by atoms with Crippen LogP contribution in [-0.4, -0.2) is 60.8 Å². The van der Waals surface area contributed by atoms with Gasteiger partial charge >= 0.3 is 0 Å². The second kappa shape index (κ2) is 10.0. The van der Waals surface area contributed by atoms with E-state index < -0.39 is 33.4 Å². The number of amides is 1. The van der Waals surface area contributed by atoms with Crippen LogP contribution in [0.4, 0.5) is 10.1 Å². The van der Waals surface area contributed by atoms with E-state index in [1.807, 2.05) is 6.92 Å². The van der Waals surface area contributed by atoms with Crippen LogP contribution in [0.2, 0.25) is 5.02 Å². The van der Waals surface area contributed by atoms with Crippen molar-refractivity contribution < 1.29 is 22.1 Å². The van der Waals surface area contributed by atoms with Crippen molar-refractivity contribution in [1.29, 1.82) is 0 Å². The van der Waals surface area contributed by atoms with Crippen LogP contribution in [0.25, 0.3) is 11.4 Å². The molecule has 202 valence electrons. The van der Waals surface area contributed by atoms with Crippen molar-refractivity contribution in [3.8, 4) is 11.4 Å². The number of carbonyl (C=O) groups excluding carboxylic acids is 1. The van der Waals surface area contributed by atoms with Gasteiger partial charge in [0.2, 0.25) is 17.6 Å². The number of halogens is 2. The Balaban J connectivity index is 1.57. The number of nitrogens with zero attached hydrogens (tertiary/aromatic N) is 4. The number of fused-ring (bicyclic) bond motifs is 1. The SMILES string of the molecule is CCN1CCC(C)(c2nc(-c3cc4c(cc3F)S(=O)(=O)C[C@H](N)C(=O)N4Cc3ccc(Cl)cc3)no2)CC1. The first kappa shape index (κ1) is 26.7. The Hall–Kier alpha value is -2.86. The predicted molar refractivity (Wildman–Crippen MR) is 141 cm³/mol. The summed E-state index contributed by atoms with van der Waals surface area (Å²) in [5.41, 5.74) is 6.27. The Bertz CT molecular complexity index is 1470. The maximum Gasteiger partial charge on any atom is 0.245 e. The van der Waals surface area contributed by atoms with Gasteiger partial charge in [0.25, 0.3) is 0 Å². The van der Waals surface area contributed by atoms with Crippen molar-refractivity contribution in [2.45, 2.75) is 49.6 Å². The number of piperidine rings is 1. The minimum absolute atomic E-state index is 0.00992. The van der Waals surface area contributed by atoms with Gasteiger partial charge in [-0.2, -0.15) is 4.98 Å². The summed E-state index contributed by atoms with van der Waals surface area (Å²) in [6.07, 6.45) is 1.63. The normalized spacial score (nSPS) is 21.2. The number of carbonyl (C=O) groups is 1. The van der Waals surface area contributed by atoms with E-state index in [2.05, 4.69) is 22.0 Å². The second-order valence-electron chi connectivity index (χ2n) is 10.2. The molecule has 0 saturated carbocycles. The van der Waals surface area contributed by atoms with Crippen LogP contribution in [0, 0.1) is 5.82 Å². The molecule has 2 aromatic carbocycles. The van der Waals surface area contributed by atoms with Gasteiger partial charge in [-0.3, -0.25) is 4.79 Å². The molecule has 3 aromatic rings. The van der Waals surface area contributed by atoms with Gasteiger partial charge in [0.15, 0.2) is 9.84 Å². The van der Waals surface area contributed by atoms with E-state index in [4.69, 9.17) is 21.9 Å². The van der Waals surface area contributed by atoms with E-state index in [-0.39, 0.29) is 33.9 Å². The predicted octanol–water partition coefficient (Wildman–Crippen LogP) is 3.55. The Morgan fingerprint density at radius 2 is 1.89 bits per heavy atom. The van der Waals surface area contributed by atoms with Crippen LogP contribution in [-0.2, 0) is 26.6 Å². The molecule has 0 unspecified atom stereocenters. The molecule has 12 heteroatoms. The highest BCUT2D eigenvalue weighted by atomic mass is 35.5. The molecule has 1 amide bonds. The van der Waals surface area contributed by atoms with E-state index in [1.54, 1.807) is 24.3 Å². The van der Waals surface area contributed by atoms with Crippen LogP contribution < -0.4 is 10.6 Å². The third kappa shape index (κ3) is 4.95. The van der Waals surface area contributed by atoms with Gasteiger partial charge in [-0.15, -0.1) is 0 Å². The monoisotopic (exact) mass is 561 g/mol. The first-order valence-corrected chi connectivity index (χ1v) is 14.5. The van der Waals surface area contributed by atoms with Crippen molar-refractivity contribution in [2.24, 2.45) is 5.73 Å². The second-order valence-corrected chi connectivity index (χ2v) is 12.6. The summed E-state index contributed by atoms with van der Waals surface area (Å²) < 4.78 is 47.2. The fourth-order valence-electron chi connectivity index (χ4n) is 4.98. The minimum Gasteiger partial charge on any atom is -0.338 e. The highest BCUT2D eigenvalue weighted by Gasteiger charge is 2.39. The smallest absolute Gasteiger partial charge is 0.245 e. The lowest BCUT2D eigenvalue weighted by molar-refractivity contribution is -0.119. The number of sulfone groups is 1. The van der Waals surface area contributed by atoms with Gasteiger partial charge in [-0.05, 0) is 62.3 Å². The number of anilines is 1. The quantitative estimate of drug-likeness (QED) is 0.502. The topological polar surface area (TPSA) is 123 Å². The highest BCUT2D eigenvalue weighted by molar-refractivity contribution is 7.91. The number of hydrogen-bond donors (Lipinski definition) is 1. The Kier molecular flexibility index (Phi) is 7.06. The average Bonchev–Trinajstić information content (AvgIpc) is 3.37. The Morgan fingerprint density at radius 1 is 1.21 bits per heavy atom. The Morgan fingerprint density at radius 3 is 2.55 bits per heavy atom. The zero-order chi connectivity index (χ0) is 27.2. The summed E-state index contributed by atoms with van der Waals surface area (Å²) in [6.45, 7) is 6.91. The number of rotatable bonds is 5. The van der Waals surface area contributed by atoms with Crippen molar-refractivity contribution >= 4 is 33.0 Å². The van der Waals surface area contributed by atoms with Crippen LogP contribution in [0.1, 0.15) is 38.1 Å². The van der Waals surface area contributed by atoms with Crippen molar-refractivity contribution in [3.05, 3.63) is 58.7 Å². The van der Waals surface area contributed by atoms with E-state index in [0.29, 0.717) is 16.5 Å².